The first-order chi connectivity index (χ1) is 17.0. The minimum absolute atomic E-state index is 0.0204. The molecule has 10 heteroatoms. The number of furan rings is 1. The van der Waals surface area contributed by atoms with Crippen molar-refractivity contribution in [3.8, 4) is 16.9 Å². The minimum atomic E-state index is -2.66. The minimum Gasteiger partial charge on any atom is -0.507 e. The van der Waals surface area contributed by atoms with Crippen molar-refractivity contribution in [2.75, 3.05) is 14.1 Å². The molecule has 1 amide bonds. The fraction of sp³-hybridized carbons (Fsp3) is 0.423. The van der Waals surface area contributed by atoms with Crippen molar-refractivity contribution in [2.24, 2.45) is 29.4 Å². The van der Waals surface area contributed by atoms with Gasteiger partial charge in [-0.15, -0.1) is 0 Å². The summed E-state index contributed by atoms with van der Waals surface area (Å²) in [5.74, 6) is -10.2. The molecule has 0 bridgehead atoms. The molecule has 0 radical (unpaired) electrons. The SMILES string of the molecule is CN(C)Cc1cc(-c2ccoc2)c2c(c1O)C(=O)C1C(=O)[C@]3(O)C(=O)C(C(N)=O)C(=O)C[C@@H]3C[C@@H]1C2. The Hall–Kier alpha value is -3.63. The summed E-state index contributed by atoms with van der Waals surface area (Å²) in [5.41, 5.74) is 4.93. The van der Waals surface area contributed by atoms with Gasteiger partial charge in [-0.25, -0.2) is 0 Å². The van der Waals surface area contributed by atoms with E-state index < -0.39 is 58.3 Å². The molecule has 2 fully saturated rings. The van der Waals surface area contributed by atoms with Crippen molar-refractivity contribution in [3.63, 3.8) is 0 Å². The molecular weight excluding hydrogens is 468 g/mol. The third-order valence-corrected chi connectivity index (χ3v) is 7.80. The van der Waals surface area contributed by atoms with Gasteiger partial charge >= 0.3 is 0 Å². The number of phenols is 1. The average molecular weight is 495 g/mol. The maximum Gasteiger partial charge on any atom is 0.235 e. The topological polar surface area (TPSA) is 168 Å². The van der Waals surface area contributed by atoms with Crippen LogP contribution in [0, 0.1) is 23.7 Å². The van der Waals surface area contributed by atoms with E-state index in [2.05, 4.69) is 0 Å². The van der Waals surface area contributed by atoms with Crippen LogP contribution in [0.3, 0.4) is 0 Å². The molecule has 1 aromatic heterocycles. The van der Waals surface area contributed by atoms with Gasteiger partial charge in [0, 0.05) is 30.0 Å². The van der Waals surface area contributed by atoms with Gasteiger partial charge in [-0.3, -0.25) is 24.0 Å². The van der Waals surface area contributed by atoms with Gasteiger partial charge in [0.2, 0.25) is 5.91 Å². The molecular formula is C26H26N2O8. The number of primary amides is 1. The normalized spacial score (nSPS) is 29.7. The second-order valence-electron chi connectivity index (χ2n) is 10.3. The fourth-order valence-electron chi connectivity index (χ4n) is 6.23. The Morgan fingerprint density at radius 3 is 2.53 bits per heavy atom. The number of aliphatic hydroxyl groups is 1. The molecule has 1 heterocycles. The Kier molecular flexibility index (Phi) is 5.49. The summed E-state index contributed by atoms with van der Waals surface area (Å²) in [6, 6.07) is 3.52. The van der Waals surface area contributed by atoms with Crippen molar-refractivity contribution in [3.05, 3.63) is 41.3 Å². The number of benzene rings is 1. The van der Waals surface area contributed by atoms with Crippen LogP contribution in [0.5, 0.6) is 5.75 Å². The molecule has 0 saturated heterocycles. The number of rotatable bonds is 4. The summed E-state index contributed by atoms with van der Waals surface area (Å²) in [7, 11) is 3.61. The highest BCUT2D eigenvalue weighted by molar-refractivity contribution is 6.31. The third-order valence-electron chi connectivity index (χ3n) is 7.80. The van der Waals surface area contributed by atoms with E-state index >= 15 is 0 Å². The molecule has 36 heavy (non-hydrogen) atoms. The first-order valence-electron chi connectivity index (χ1n) is 11.7. The average Bonchev–Trinajstić information content (AvgIpc) is 3.32. The number of amides is 1. The molecule has 2 aromatic rings. The lowest BCUT2D eigenvalue weighted by Crippen LogP contribution is -2.68. The van der Waals surface area contributed by atoms with Crippen LogP contribution >= 0.6 is 0 Å². The highest BCUT2D eigenvalue weighted by Gasteiger charge is 2.66. The Morgan fingerprint density at radius 1 is 1.19 bits per heavy atom. The molecule has 5 atom stereocenters. The number of nitrogens with two attached hydrogens (primary N) is 1. The Bertz CT molecular complexity index is 1330. The highest BCUT2D eigenvalue weighted by Crippen LogP contribution is 2.51. The van der Waals surface area contributed by atoms with Gasteiger partial charge in [-0.1, -0.05) is 0 Å². The highest BCUT2D eigenvalue weighted by atomic mass is 16.3. The molecule has 3 aliphatic rings. The molecule has 0 spiro atoms. The lowest BCUT2D eigenvalue weighted by atomic mass is 9.53. The quantitative estimate of drug-likeness (QED) is 0.517. The van der Waals surface area contributed by atoms with Crippen LogP contribution in [-0.2, 0) is 32.1 Å². The smallest absolute Gasteiger partial charge is 0.235 e. The summed E-state index contributed by atoms with van der Waals surface area (Å²) >= 11 is 0. The number of Topliss-reactive ketones (excluding diaryl/α,β-unsaturated/α-hetero) is 4. The van der Waals surface area contributed by atoms with Crippen LogP contribution in [0.25, 0.3) is 11.1 Å². The van der Waals surface area contributed by atoms with Gasteiger partial charge in [0.25, 0.3) is 0 Å². The molecule has 4 N–H and O–H groups in total. The summed E-state index contributed by atoms with van der Waals surface area (Å²) in [6.07, 6.45) is 2.91. The summed E-state index contributed by atoms with van der Waals surface area (Å²) in [6.45, 7) is 0.312. The number of fused-ring (bicyclic) bond motifs is 3. The maximum absolute atomic E-state index is 13.8. The monoisotopic (exact) mass is 494 g/mol. The number of nitrogens with zero attached hydrogens (tertiary/aromatic N) is 1. The number of hydrogen-bond donors (Lipinski definition) is 3. The van der Waals surface area contributed by atoms with Gasteiger partial charge < -0.3 is 25.3 Å². The van der Waals surface area contributed by atoms with Crippen LogP contribution < -0.4 is 5.73 Å². The van der Waals surface area contributed by atoms with Crippen LogP contribution in [0.2, 0.25) is 0 Å². The van der Waals surface area contributed by atoms with Crippen molar-refractivity contribution >= 4 is 29.0 Å². The van der Waals surface area contributed by atoms with E-state index in [1.165, 1.54) is 12.5 Å². The predicted molar refractivity (Wildman–Crippen MR) is 124 cm³/mol. The molecule has 1 aromatic carbocycles. The number of phenolic OH excluding ortho intramolecular Hbond substituents is 1. The first kappa shape index (κ1) is 24.1. The number of carbonyl (C=O) groups is 5. The largest absolute Gasteiger partial charge is 0.507 e. The number of ketones is 4. The van der Waals surface area contributed by atoms with Gasteiger partial charge in [0.05, 0.1) is 24.0 Å². The fourth-order valence-corrected chi connectivity index (χ4v) is 6.23. The van der Waals surface area contributed by atoms with E-state index in [0.717, 1.165) is 0 Å². The zero-order valence-electron chi connectivity index (χ0n) is 19.8. The Morgan fingerprint density at radius 2 is 1.92 bits per heavy atom. The molecule has 3 aliphatic carbocycles. The number of hydrogen-bond acceptors (Lipinski definition) is 9. The summed E-state index contributed by atoms with van der Waals surface area (Å²) < 4.78 is 5.24. The van der Waals surface area contributed by atoms with E-state index in [1.807, 2.05) is 4.90 Å². The second-order valence-corrected chi connectivity index (χ2v) is 10.3. The maximum atomic E-state index is 13.8. The first-order valence-corrected chi connectivity index (χ1v) is 11.7. The van der Waals surface area contributed by atoms with E-state index in [4.69, 9.17) is 10.2 Å². The molecule has 0 aliphatic heterocycles. The molecule has 188 valence electrons. The van der Waals surface area contributed by atoms with Gasteiger partial charge in [0.15, 0.2) is 34.7 Å². The lowest BCUT2D eigenvalue weighted by molar-refractivity contribution is -0.175. The Labute approximate surface area is 206 Å². The van der Waals surface area contributed by atoms with Gasteiger partial charge in [-0.05, 0) is 56.1 Å². The number of aromatic hydroxyl groups is 1. The predicted octanol–water partition coefficient (Wildman–Crippen LogP) is 0.648. The number of carbonyl (C=O) groups excluding carboxylic acids is 5. The molecule has 10 nitrogen and oxygen atoms in total. The van der Waals surface area contributed by atoms with Gasteiger partial charge in [-0.2, -0.15) is 0 Å². The summed E-state index contributed by atoms with van der Waals surface area (Å²) in [4.78, 5) is 66.6. The van der Waals surface area contributed by atoms with Crippen molar-refractivity contribution in [2.45, 2.75) is 31.4 Å². The molecule has 5 rings (SSSR count). The van der Waals surface area contributed by atoms with Crippen LogP contribution in [-0.4, -0.2) is 63.8 Å². The van der Waals surface area contributed by atoms with Crippen LogP contribution in [0.1, 0.15) is 34.3 Å². The lowest BCUT2D eigenvalue weighted by Gasteiger charge is -2.48. The van der Waals surface area contributed by atoms with E-state index in [-0.39, 0.29) is 30.6 Å². The zero-order valence-corrected chi connectivity index (χ0v) is 19.8. The van der Waals surface area contributed by atoms with Crippen LogP contribution in [0.4, 0.5) is 0 Å². The molecule has 2 saturated carbocycles. The zero-order chi connectivity index (χ0) is 26.1. The Balaban J connectivity index is 1.65. The van der Waals surface area contributed by atoms with E-state index in [1.54, 1.807) is 26.2 Å². The third kappa shape index (κ3) is 3.28. The van der Waals surface area contributed by atoms with Gasteiger partial charge in [0.1, 0.15) is 5.75 Å². The van der Waals surface area contributed by atoms with Crippen molar-refractivity contribution in [1.82, 2.24) is 4.90 Å². The second kappa shape index (κ2) is 8.21. The van der Waals surface area contributed by atoms with Crippen molar-refractivity contribution < 1.29 is 38.6 Å². The van der Waals surface area contributed by atoms with E-state index in [9.17, 15) is 34.2 Å². The molecule has 2 unspecified atom stereocenters. The van der Waals surface area contributed by atoms with E-state index in [0.29, 0.717) is 28.8 Å². The van der Waals surface area contributed by atoms with Crippen LogP contribution in [0.15, 0.2) is 29.1 Å². The van der Waals surface area contributed by atoms with Crippen molar-refractivity contribution in [1.29, 1.82) is 0 Å². The summed E-state index contributed by atoms with van der Waals surface area (Å²) in [5, 5.41) is 22.5. The standard InChI is InChI=1S/C26H26N2O8/c1-28(2)9-13-7-15(11-3-4-36-10-11)16-6-12-5-14-8-17(29)20(25(27)34)24(33)26(14,35)23(32)18(12)22(31)19(16)21(13)30/h3-4,7,10,12,14,18,20,30,35H,5-6,8-9H2,1-2H3,(H2,27,34)/t12-,14+,18?,20?,26+/m1/s1.